The fourth-order valence-electron chi connectivity index (χ4n) is 1.06. The number of halogens is 1. The van der Waals surface area contributed by atoms with Crippen molar-refractivity contribution in [3.8, 4) is 0 Å². The van der Waals surface area contributed by atoms with Gasteiger partial charge in [-0.1, -0.05) is 18.5 Å². The molecule has 2 N–H and O–H groups in total. The molecule has 0 aromatic carbocycles. The molecule has 1 rings (SSSR count). The second kappa shape index (κ2) is 6.08. The van der Waals surface area contributed by atoms with E-state index in [1.807, 2.05) is 6.92 Å². The lowest BCUT2D eigenvalue weighted by molar-refractivity contribution is 0.0696. The lowest BCUT2D eigenvalue weighted by Crippen LogP contribution is -2.02. The molecule has 0 saturated heterocycles. The lowest BCUT2D eigenvalue weighted by Gasteiger charge is -2.09. The molecule has 0 spiro atoms. The van der Waals surface area contributed by atoms with Gasteiger partial charge in [0.25, 0.3) is 0 Å². The van der Waals surface area contributed by atoms with Crippen molar-refractivity contribution in [1.82, 2.24) is 4.98 Å². The van der Waals surface area contributed by atoms with Crippen molar-refractivity contribution >= 4 is 29.3 Å². The zero-order valence-electron chi connectivity index (χ0n) is 8.68. The second-order valence-electron chi connectivity index (χ2n) is 3.26. The zero-order valence-corrected chi connectivity index (χ0v) is 10.3. The maximum atomic E-state index is 10.7. The largest absolute Gasteiger partial charge is 0.478 e. The first kappa shape index (κ1) is 13.3. The number of hydrogen-bond acceptors (Lipinski definition) is 4. The number of aromatic carboxylic acids is 1. The monoisotopic (exact) mass is 261 g/mol. The van der Waals surface area contributed by atoms with Crippen molar-refractivity contribution in [2.24, 2.45) is 0 Å². The van der Waals surface area contributed by atoms with Crippen LogP contribution in [0.4, 0.5) is 0 Å². The summed E-state index contributed by atoms with van der Waals surface area (Å²) in [6.45, 7) is 2.06. The summed E-state index contributed by atoms with van der Waals surface area (Å²) in [5.74, 6) is -1.05. The maximum absolute atomic E-state index is 10.7. The summed E-state index contributed by atoms with van der Waals surface area (Å²) in [5, 5.41) is 18.6. The van der Waals surface area contributed by atoms with Gasteiger partial charge in [0.05, 0.1) is 10.6 Å². The van der Waals surface area contributed by atoms with Gasteiger partial charge < -0.3 is 10.2 Å². The predicted molar refractivity (Wildman–Crippen MR) is 63.2 cm³/mol. The highest BCUT2D eigenvalue weighted by molar-refractivity contribution is 7.99. The molecule has 6 heteroatoms. The van der Waals surface area contributed by atoms with Crippen molar-refractivity contribution in [2.45, 2.75) is 23.6 Å². The highest BCUT2D eigenvalue weighted by Gasteiger charge is 2.11. The highest BCUT2D eigenvalue weighted by atomic mass is 35.5. The predicted octanol–water partition coefficient (Wildman–Crippen LogP) is 2.30. The lowest BCUT2D eigenvalue weighted by atomic mass is 10.3. The number of thioether (sulfide) groups is 1. The number of carboxylic acids is 1. The van der Waals surface area contributed by atoms with Gasteiger partial charge in [-0.3, -0.25) is 0 Å². The number of nitrogens with zero attached hydrogens (tertiary/aromatic N) is 1. The average molecular weight is 262 g/mol. The first-order valence-corrected chi connectivity index (χ1v) is 5.96. The Morgan fingerprint density at radius 2 is 2.38 bits per heavy atom. The van der Waals surface area contributed by atoms with Gasteiger partial charge in [-0.25, -0.2) is 9.78 Å². The van der Waals surface area contributed by atoms with E-state index in [4.69, 9.17) is 21.8 Å². The molecule has 1 aromatic rings. The van der Waals surface area contributed by atoms with Gasteiger partial charge in [0, 0.05) is 18.1 Å². The number of aliphatic hydroxyl groups is 1. The van der Waals surface area contributed by atoms with E-state index in [2.05, 4.69) is 4.98 Å². The van der Waals surface area contributed by atoms with Gasteiger partial charge in [0.15, 0.2) is 0 Å². The Morgan fingerprint density at radius 1 is 1.69 bits per heavy atom. The molecule has 16 heavy (non-hydrogen) atoms. The summed E-state index contributed by atoms with van der Waals surface area (Å²) in [6, 6.07) is 1.38. The third-order valence-corrected chi connectivity index (χ3v) is 3.49. The normalized spacial score (nSPS) is 12.4. The maximum Gasteiger partial charge on any atom is 0.337 e. The Labute approximate surface area is 103 Å². The summed E-state index contributed by atoms with van der Waals surface area (Å²) < 4.78 is 0. The van der Waals surface area contributed by atoms with Crippen LogP contribution in [0.5, 0.6) is 0 Å². The number of hydrogen-bond donors (Lipinski definition) is 2. The van der Waals surface area contributed by atoms with E-state index < -0.39 is 5.97 Å². The van der Waals surface area contributed by atoms with Crippen LogP contribution in [0.1, 0.15) is 23.7 Å². The standard InChI is InChI=1S/C10H12ClNO3S/c1-6(2-3-13)16-9-8(11)4-7(5-12-9)10(14)15/h4-6,13H,2-3H2,1H3,(H,14,15). The van der Waals surface area contributed by atoms with Crippen molar-refractivity contribution in [2.75, 3.05) is 6.61 Å². The van der Waals surface area contributed by atoms with Gasteiger partial charge in [0.2, 0.25) is 0 Å². The van der Waals surface area contributed by atoms with E-state index in [-0.39, 0.29) is 17.4 Å². The van der Waals surface area contributed by atoms with Gasteiger partial charge >= 0.3 is 5.97 Å². The fraction of sp³-hybridized carbons (Fsp3) is 0.400. The smallest absolute Gasteiger partial charge is 0.337 e. The van der Waals surface area contributed by atoms with Gasteiger partial charge in [-0.05, 0) is 12.5 Å². The molecule has 1 unspecified atom stereocenters. The van der Waals surface area contributed by atoms with E-state index in [1.54, 1.807) is 0 Å². The van der Waals surface area contributed by atoms with Crippen LogP contribution < -0.4 is 0 Å². The molecular weight excluding hydrogens is 250 g/mol. The Hall–Kier alpha value is -0.780. The minimum Gasteiger partial charge on any atom is -0.478 e. The highest BCUT2D eigenvalue weighted by Crippen LogP contribution is 2.29. The topological polar surface area (TPSA) is 70.4 Å². The summed E-state index contributed by atoms with van der Waals surface area (Å²) >= 11 is 7.33. The molecule has 0 radical (unpaired) electrons. The third-order valence-electron chi connectivity index (χ3n) is 1.90. The van der Waals surface area contributed by atoms with Crippen LogP contribution in [0.3, 0.4) is 0 Å². The minimum atomic E-state index is -1.05. The van der Waals surface area contributed by atoms with Crippen LogP contribution in [0.15, 0.2) is 17.3 Å². The van der Waals surface area contributed by atoms with E-state index in [0.717, 1.165) is 0 Å². The number of carbonyl (C=O) groups is 1. The van der Waals surface area contributed by atoms with E-state index >= 15 is 0 Å². The first-order chi connectivity index (χ1) is 7.54. The van der Waals surface area contributed by atoms with Gasteiger partial charge in [-0.2, -0.15) is 0 Å². The molecule has 1 atom stereocenters. The Kier molecular flexibility index (Phi) is 5.05. The van der Waals surface area contributed by atoms with Crippen LogP contribution in [-0.2, 0) is 0 Å². The Balaban J connectivity index is 2.79. The van der Waals surface area contributed by atoms with Crippen LogP contribution in [0.25, 0.3) is 0 Å². The molecule has 0 amide bonds. The van der Waals surface area contributed by atoms with Crippen LogP contribution >= 0.6 is 23.4 Å². The third kappa shape index (κ3) is 3.66. The van der Waals surface area contributed by atoms with Crippen molar-refractivity contribution in [1.29, 1.82) is 0 Å². The zero-order chi connectivity index (χ0) is 12.1. The summed E-state index contributed by atoms with van der Waals surface area (Å²) in [4.78, 5) is 14.6. The van der Waals surface area contributed by atoms with Crippen LogP contribution in [-0.4, -0.2) is 33.0 Å². The molecule has 1 aromatic heterocycles. The summed E-state index contributed by atoms with van der Waals surface area (Å²) in [6.07, 6.45) is 1.92. The van der Waals surface area contributed by atoms with Crippen molar-refractivity contribution in [3.05, 3.63) is 22.8 Å². The molecule has 0 saturated carbocycles. The van der Waals surface area contributed by atoms with Crippen LogP contribution in [0.2, 0.25) is 5.02 Å². The number of aliphatic hydroxyl groups excluding tert-OH is 1. The fourth-order valence-corrected chi connectivity index (χ4v) is 2.25. The molecule has 0 bridgehead atoms. The molecule has 0 fully saturated rings. The van der Waals surface area contributed by atoms with Gasteiger partial charge in [0.1, 0.15) is 5.03 Å². The van der Waals surface area contributed by atoms with Gasteiger partial charge in [-0.15, -0.1) is 11.8 Å². The average Bonchev–Trinajstić information content (AvgIpc) is 2.21. The Morgan fingerprint density at radius 3 is 2.88 bits per heavy atom. The number of aromatic nitrogens is 1. The second-order valence-corrected chi connectivity index (χ2v) is 5.09. The van der Waals surface area contributed by atoms with Crippen molar-refractivity contribution in [3.63, 3.8) is 0 Å². The SMILES string of the molecule is CC(CCO)Sc1ncc(C(=O)O)cc1Cl. The number of rotatable bonds is 5. The summed E-state index contributed by atoms with van der Waals surface area (Å²) in [5.41, 5.74) is 0.0733. The Bertz CT molecular complexity index is 386. The molecule has 0 aliphatic heterocycles. The molecule has 0 aliphatic carbocycles. The molecule has 0 aliphatic rings. The minimum absolute atomic E-state index is 0.0733. The van der Waals surface area contributed by atoms with Crippen molar-refractivity contribution < 1.29 is 15.0 Å². The first-order valence-electron chi connectivity index (χ1n) is 4.71. The summed E-state index contributed by atoms with van der Waals surface area (Å²) in [7, 11) is 0. The molecular formula is C10H12ClNO3S. The molecule has 1 heterocycles. The molecule has 4 nitrogen and oxygen atoms in total. The molecule has 88 valence electrons. The number of carboxylic acid groups (broad SMARTS) is 1. The van der Waals surface area contributed by atoms with E-state index in [9.17, 15) is 4.79 Å². The van der Waals surface area contributed by atoms with E-state index in [1.165, 1.54) is 24.0 Å². The number of pyridine rings is 1. The quantitative estimate of drug-likeness (QED) is 0.796. The van der Waals surface area contributed by atoms with E-state index in [0.29, 0.717) is 16.5 Å². The van der Waals surface area contributed by atoms with Crippen LogP contribution in [0, 0.1) is 0 Å².